The zero-order valence-corrected chi connectivity index (χ0v) is 4.89. The van der Waals surface area contributed by atoms with E-state index in [9.17, 15) is 0 Å². The third kappa shape index (κ3) is 5.44. The van der Waals surface area contributed by atoms with Gasteiger partial charge in [0.25, 0.3) is 0 Å². The van der Waals surface area contributed by atoms with Crippen LogP contribution in [-0.4, -0.2) is 19.8 Å². The summed E-state index contributed by atoms with van der Waals surface area (Å²) in [6.45, 7) is 5.12. The van der Waals surface area contributed by atoms with Crippen LogP contribution in [0.4, 0.5) is 0 Å². The summed E-state index contributed by atoms with van der Waals surface area (Å²) in [7, 11) is 0. The van der Waals surface area contributed by atoms with Crippen molar-refractivity contribution in [1.82, 2.24) is 0 Å². The number of rotatable bonds is 4. The molecule has 0 aliphatic carbocycles. The molecule has 2 heteroatoms. The van der Waals surface area contributed by atoms with Crippen molar-refractivity contribution in [2.24, 2.45) is 5.73 Å². The molecule has 46 valence electrons. The number of hydrogen-bond acceptors (Lipinski definition) is 2. The van der Waals surface area contributed by atoms with Crippen molar-refractivity contribution in [1.29, 1.82) is 0 Å². The van der Waals surface area contributed by atoms with Gasteiger partial charge in [0, 0.05) is 6.54 Å². The van der Waals surface area contributed by atoms with Gasteiger partial charge in [-0.1, -0.05) is 6.58 Å². The van der Waals surface area contributed by atoms with Gasteiger partial charge in [-0.3, -0.25) is 0 Å². The third-order valence-corrected chi connectivity index (χ3v) is 0.608. The van der Waals surface area contributed by atoms with E-state index >= 15 is 0 Å². The molecule has 0 saturated heterocycles. The van der Waals surface area contributed by atoms with Crippen LogP contribution in [0.1, 0.15) is 0 Å². The van der Waals surface area contributed by atoms with Crippen molar-refractivity contribution in [3.63, 3.8) is 0 Å². The lowest BCUT2D eigenvalue weighted by molar-refractivity contribution is 0.170. The monoisotopic (exact) mass is 113 g/mol. The zero-order valence-electron chi connectivity index (χ0n) is 4.89. The van der Waals surface area contributed by atoms with Crippen molar-refractivity contribution in [3.05, 3.63) is 18.4 Å². The van der Waals surface area contributed by atoms with Crippen LogP contribution in [-0.2, 0) is 4.74 Å². The second-order valence-electron chi connectivity index (χ2n) is 1.27. The quantitative estimate of drug-likeness (QED) is 0.420. The first-order chi connectivity index (χ1) is 3.91. The molecule has 0 rings (SSSR count). The second-order valence-corrected chi connectivity index (χ2v) is 1.27. The molecule has 0 spiro atoms. The van der Waals surface area contributed by atoms with E-state index in [0.29, 0.717) is 19.8 Å². The Labute approximate surface area is 49.6 Å². The summed E-state index contributed by atoms with van der Waals surface area (Å²) in [6.07, 6.45) is 1.72. The molecule has 0 fully saturated rings. The maximum atomic E-state index is 5.14. The summed E-state index contributed by atoms with van der Waals surface area (Å²) in [5.41, 5.74) is 7.72. The molecule has 0 aromatic carbocycles. The Morgan fingerprint density at radius 3 is 3.00 bits per heavy atom. The highest BCUT2D eigenvalue weighted by Crippen LogP contribution is 1.71. The maximum Gasteiger partial charge on any atom is 0.0721 e. The van der Waals surface area contributed by atoms with E-state index in [-0.39, 0.29) is 0 Å². The SMILES string of the molecule is C=C=CCOCCN. The van der Waals surface area contributed by atoms with Gasteiger partial charge in [-0.25, -0.2) is 0 Å². The highest BCUT2D eigenvalue weighted by Gasteiger charge is 1.75. The number of hydrogen-bond donors (Lipinski definition) is 1. The van der Waals surface area contributed by atoms with Crippen molar-refractivity contribution in [2.75, 3.05) is 19.8 Å². The Morgan fingerprint density at radius 1 is 1.75 bits per heavy atom. The summed E-state index contributed by atoms with van der Waals surface area (Å²) < 4.78 is 4.94. The fraction of sp³-hybridized carbons (Fsp3) is 0.500. The number of nitrogens with two attached hydrogens (primary N) is 1. The van der Waals surface area contributed by atoms with E-state index in [1.165, 1.54) is 0 Å². The highest BCUT2D eigenvalue weighted by atomic mass is 16.5. The number of ether oxygens (including phenoxy) is 1. The minimum atomic E-state index is 0.570. The second kappa shape index (κ2) is 6.44. The molecule has 0 bridgehead atoms. The lowest BCUT2D eigenvalue weighted by Crippen LogP contribution is -2.07. The van der Waals surface area contributed by atoms with E-state index in [4.69, 9.17) is 10.5 Å². The van der Waals surface area contributed by atoms with Gasteiger partial charge < -0.3 is 10.5 Å². The average Bonchev–Trinajstić information content (AvgIpc) is 1.81. The Morgan fingerprint density at radius 2 is 2.50 bits per heavy atom. The molecule has 0 aliphatic heterocycles. The average molecular weight is 113 g/mol. The summed E-state index contributed by atoms with van der Waals surface area (Å²) in [5, 5.41) is 0. The molecule has 0 amide bonds. The Kier molecular flexibility index (Phi) is 5.99. The van der Waals surface area contributed by atoms with E-state index in [0.717, 1.165) is 0 Å². The van der Waals surface area contributed by atoms with E-state index in [1.807, 2.05) is 0 Å². The topological polar surface area (TPSA) is 35.2 Å². The van der Waals surface area contributed by atoms with Gasteiger partial charge in [0.2, 0.25) is 0 Å². The molecule has 0 radical (unpaired) electrons. The molecular formula is C6H11NO. The molecule has 0 aliphatic rings. The van der Waals surface area contributed by atoms with Crippen molar-refractivity contribution in [2.45, 2.75) is 0 Å². The van der Waals surface area contributed by atoms with Crippen LogP contribution < -0.4 is 5.73 Å². The van der Waals surface area contributed by atoms with Gasteiger partial charge in [0.05, 0.1) is 13.2 Å². The summed E-state index contributed by atoms with van der Waals surface area (Å²) in [5.74, 6) is 0. The molecular weight excluding hydrogens is 102 g/mol. The van der Waals surface area contributed by atoms with Gasteiger partial charge in [0.1, 0.15) is 0 Å². The summed E-state index contributed by atoms with van der Waals surface area (Å²) in [6, 6.07) is 0. The van der Waals surface area contributed by atoms with Gasteiger partial charge in [-0.2, -0.15) is 0 Å². The highest BCUT2D eigenvalue weighted by molar-refractivity contribution is 4.74. The lowest BCUT2D eigenvalue weighted by atomic mass is 10.6. The lowest BCUT2D eigenvalue weighted by Gasteiger charge is -1.92. The Hall–Kier alpha value is -0.560. The summed E-state index contributed by atoms with van der Waals surface area (Å²) >= 11 is 0. The molecule has 0 atom stereocenters. The van der Waals surface area contributed by atoms with Crippen LogP contribution >= 0.6 is 0 Å². The smallest absolute Gasteiger partial charge is 0.0721 e. The summed E-state index contributed by atoms with van der Waals surface area (Å²) in [4.78, 5) is 0. The van der Waals surface area contributed by atoms with E-state index < -0.39 is 0 Å². The van der Waals surface area contributed by atoms with Gasteiger partial charge in [-0.05, 0) is 6.08 Å². The van der Waals surface area contributed by atoms with Gasteiger partial charge in [-0.15, -0.1) is 5.73 Å². The predicted molar refractivity (Wildman–Crippen MR) is 33.6 cm³/mol. The molecule has 0 aromatic rings. The Balaban J connectivity index is 2.82. The minimum absolute atomic E-state index is 0.570. The van der Waals surface area contributed by atoms with Crippen molar-refractivity contribution >= 4 is 0 Å². The first kappa shape index (κ1) is 7.44. The maximum absolute atomic E-state index is 5.14. The molecule has 2 nitrogen and oxygen atoms in total. The van der Waals surface area contributed by atoms with Crippen LogP contribution in [0.3, 0.4) is 0 Å². The van der Waals surface area contributed by atoms with Crippen LogP contribution in [0, 0.1) is 0 Å². The van der Waals surface area contributed by atoms with Crippen LogP contribution in [0.5, 0.6) is 0 Å². The first-order valence-electron chi connectivity index (χ1n) is 2.54. The van der Waals surface area contributed by atoms with Gasteiger partial charge >= 0.3 is 0 Å². The molecule has 0 aromatic heterocycles. The Bertz CT molecular complexity index is 84.5. The molecule has 0 unspecified atom stereocenters. The fourth-order valence-electron chi connectivity index (χ4n) is 0.285. The van der Waals surface area contributed by atoms with Crippen molar-refractivity contribution < 1.29 is 4.74 Å². The van der Waals surface area contributed by atoms with Gasteiger partial charge in [0.15, 0.2) is 0 Å². The van der Waals surface area contributed by atoms with E-state index in [1.54, 1.807) is 6.08 Å². The van der Waals surface area contributed by atoms with Crippen LogP contribution in [0.2, 0.25) is 0 Å². The predicted octanol–water partition coefficient (Wildman–Crippen LogP) is 0.303. The molecule has 0 saturated carbocycles. The zero-order chi connectivity index (χ0) is 6.24. The van der Waals surface area contributed by atoms with Crippen LogP contribution in [0.25, 0.3) is 0 Å². The van der Waals surface area contributed by atoms with Crippen molar-refractivity contribution in [3.8, 4) is 0 Å². The van der Waals surface area contributed by atoms with Crippen LogP contribution in [0.15, 0.2) is 18.4 Å². The molecule has 8 heavy (non-hydrogen) atoms. The van der Waals surface area contributed by atoms with E-state index in [2.05, 4.69) is 12.3 Å². The molecule has 2 N–H and O–H groups in total. The fourth-order valence-corrected chi connectivity index (χ4v) is 0.285. The third-order valence-electron chi connectivity index (χ3n) is 0.608. The molecule has 0 heterocycles. The first-order valence-corrected chi connectivity index (χ1v) is 2.54. The normalized spacial score (nSPS) is 8.12. The minimum Gasteiger partial charge on any atom is -0.375 e. The largest absolute Gasteiger partial charge is 0.375 e. The standard InChI is InChI=1S/C6H11NO/c1-2-3-5-8-6-4-7/h3H,1,4-7H2.